The summed E-state index contributed by atoms with van der Waals surface area (Å²) >= 11 is 0. The van der Waals surface area contributed by atoms with Gasteiger partial charge in [-0.3, -0.25) is 0 Å². The first kappa shape index (κ1) is 5.46. The van der Waals surface area contributed by atoms with Gasteiger partial charge >= 0.3 is 0 Å². The molecule has 0 aliphatic carbocycles. The maximum absolute atomic E-state index is 9.46. The summed E-state index contributed by atoms with van der Waals surface area (Å²) in [4.78, 5) is 0. The van der Waals surface area contributed by atoms with Gasteiger partial charge in [0.25, 0.3) is 0 Å². The standard InChI is InChI=1S/ClH3O2SSi/c1-4(2,3)5/h5H3. The Morgan fingerprint density at radius 3 is 1.60 bits per heavy atom. The van der Waals surface area contributed by atoms with Crippen molar-refractivity contribution in [2.45, 2.75) is 0 Å². The largest absolute Gasteiger partial charge is 0.221 e. The van der Waals surface area contributed by atoms with Crippen LogP contribution in [0.5, 0.6) is 0 Å². The van der Waals surface area contributed by atoms with Crippen LogP contribution in [0.4, 0.5) is 0 Å². The van der Waals surface area contributed by atoms with E-state index in [1.807, 2.05) is 0 Å². The van der Waals surface area contributed by atoms with Crippen LogP contribution in [0.25, 0.3) is 0 Å². The van der Waals surface area contributed by atoms with Crippen LogP contribution in [-0.2, 0) is 8.50 Å². The number of halogens is 1. The summed E-state index contributed by atoms with van der Waals surface area (Å²) in [5.74, 6) is 0. The molecule has 0 saturated carbocycles. The molecule has 0 aliphatic heterocycles. The van der Waals surface area contributed by atoms with Crippen molar-refractivity contribution < 1.29 is 8.42 Å². The summed E-state index contributed by atoms with van der Waals surface area (Å²) in [5.41, 5.74) is 0. The molecule has 0 aromatic carbocycles. The minimum absolute atomic E-state index is 0.0455. The van der Waals surface area contributed by atoms with E-state index in [0.717, 1.165) is 0 Å². The van der Waals surface area contributed by atoms with Crippen molar-refractivity contribution in [1.29, 1.82) is 0 Å². The van der Waals surface area contributed by atoms with Gasteiger partial charge in [-0.25, -0.2) is 8.42 Å². The zero-order chi connectivity index (χ0) is 4.50. The molecule has 0 N–H and O–H groups in total. The van der Waals surface area contributed by atoms with E-state index in [0.29, 0.717) is 0 Å². The predicted octanol–water partition coefficient (Wildman–Crippen LogP) is -1.16. The summed E-state index contributed by atoms with van der Waals surface area (Å²) < 4.78 is 18.9. The van der Waals surface area contributed by atoms with Crippen molar-refractivity contribution in [3.63, 3.8) is 0 Å². The lowest BCUT2D eigenvalue weighted by atomic mass is 15.9. The van der Waals surface area contributed by atoms with Gasteiger partial charge in [0.2, 0.25) is 0 Å². The van der Waals surface area contributed by atoms with Crippen molar-refractivity contribution >= 4 is 28.6 Å². The zero-order valence-electron chi connectivity index (χ0n) is 2.60. The second-order valence-corrected chi connectivity index (χ2v) is 8.50. The molecule has 2 nitrogen and oxygen atoms in total. The first-order valence-corrected chi connectivity index (χ1v) is 6.06. The summed E-state index contributed by atoms with van der Waals surface area (Å²) in [7, 11) is 1.55. The topological polar surface area (TPSA) is 34.1 Å². The third-order valence-electron chi connectivity index (χ3n) is 0. The van der Waals surface area contributed by atoms with E-state index in [4.69, 9.17) is 0 Å². The van der Waals surface area contributed by atoms with E-state index < -0.39 is 8.50 Å². The fraction of sp³-hybridized carbons (Fsp3) is 0. The molecule has 32 valence electrons. The Hall–Kier alpha value is 0.457. The molecule has 0 saturated heterocycles. The molecule has 5 heteroatoms. The molecule has 0 atom stereocenters. The highest BCUT2D eigenvalue weighted by Gasteiger charge is 1.83. The van der Waals surface area contributed by atoms with Gasteiger partial charge in [0.15, 0.2) is 17.9 Å². The van der Waals surface area contributed by atoms with Gasteiger partial charge in [0.1, 0.15) is 0 Å². The van der Waals surface area contributed by atoms with Gasteiger partial charge < -0.3 is 0 Å². The van der Waals surface area contributed by atoms with Crippen LogP contribution in [0.15, 0.2) is 0 Å². The lowest BCUT2D eigenvalue weighted by Crippen LogP contribution is -1.79. The van der Waals surface area contributed by atoms with E-state index in [9.17, 15) is 8.42 Å². The average molecular weight is 131 g/mol. The Bertz CT molecular complexity index is 92.8. The van der Waals surface area contributed by atoms with E-state index >= 15 is 0 Å². The molecule has 0 aliphatic rings. The molecule has 0 aromatic rings. The molecule has 0 radical (unpaired) electrons. The maximum Gasteiger partial charge on any atom is 0.189 e. The van der Waals surface area contributed by atoms with E-state index in [-0.39, 0.29) is 9.39 Å². The van der Waals surface area contributed by atoms with Crippen molar-refractivity contribution in [2.75, 3.05) is 0 Å². The summed E-state index contributed by atoms with van der Waals surface area (Å²) in [6.45, 7) is 0. The molecule has 5 heavy (non-hydrogen) atoms. The van der Waals surface area contributed by atoms with Crippen LogP contribution in [0.3, 0.4) is 0 Å². The van der Waals surface area contributed by atoms with Gasteiger partial charge in [-0.15, -0.1) is 0 Å². The highest BCUT2D eigenvalue weighted by atomic mass is 35.7. The Morgan fingerprint density at radius 2 is 1.60 bits per heavy atom. The third kappa shape index (κ3) is 129. The van der Waals surface area contributed by atoms with Gasteiger partial charge in [-0.05, 0) is 0 Å². The molecule has 0 unspecified atom stereocenters. The zero-order valence-corrected chi connectivity index (χ0v) is 6.18. The van der Waals surface area contributed by atoms with E-state index in [2.05, 4.69) is 10.7 Å². The smallest absolute Gasteiger partial charge is 0.189 e. The minimum Gasteiger partial charge on any atom is -0.221 e. The van der Waals surface area contributed by atoms with Crippen LogP contribution in [0, 0.1) is 0 Å². The number of hydrogen-bond donors (Lipinski definition) is 0. The first-order chi connectivity index (χ1) is 2.00. The van der Waals surface area contributed by atoms with Gasteiger partial charge in [0, 0.05) is 10.7 Å². The number of rotatable bonds is 0. The SMILES string of the molecule is O=S(=O)([SiH3])Cl. The van der Waals surface area contributed by atoms with Crippen molar-refractivity contribution in [3.05, 3.63) is 0 Å². The van der Waals surface area contributed by atoms with Crippen molar-refractivity contribution in [1.82, 2.24) is 0 Å². The Kier molecular flexibility index (Phi) is 1.39. The molecule has 0 amide bonds. The Morgan fingerprint density at radius 1 is 1.60 bits per heavy atom. The first-order valence-electron chi connectivity index (χ1n) is 0.896. The summed E-state index contributed by atoms with van der Waals surface area (Å²) in [6.07, 6.45) is 0. The lowest BCUT2D eigenvalue weighted by Gasteiger charge is -1.65. The molecular formula is H3ClO2SSi. The Balaban J connectivity index is 4.06. The van der Waals surface area contributed by atoms with Gasteiger partial charge in [-0.2, -0.15) is 0 Å². The molecule has 0 rings (SSSR count). The molecule has 0 spiro atoms. The summed E-state index contributed by atoms with van der Waals surface area (Å²) in [6, 6.07) is 0. The van der Waals surface area contributed by atoms with E-state index in [1.165, 1.54) is 0 Å². The maximum atomic E-state index is 9.46. The van der Waals surface area contributed by atoms with Crippen LogP contribution in [0.2, 0.25) is 0 Å². The average Bonchev–Trinajstić information content (AvgIpc) is 0.722. The van der Waals surface area contributed by atoms with E-state index in [1.54, 1.807) is 0 Å². The van der Waals surface area contributed by atoms with Crippen LogP contribution in [0.1, 0.15) is 0 Å². The van der Waals surface area contributed by atoms with Crippen LogP contribution < -0.4 is 0 Å². The predicted molar refractivity (Wildman–Crippen MR) is 24.7 cm³/mol. The monoisotopic (exact) mass is 130 g/mol. The molecule has 0 fully saturated rings. The van der Waals surface area contributed by atoms with Gasteiger partial charge in [0.05, 0.1) is 0 Å². The highest BCUT2D eigenvalue weighted by Crippen LogP contribution is 1.81. The normalized spacial score (nSPS) is 12.2. The highest BCUT2D eigenvalue weighted by molar-refractivity contribution is 8.30. The molecule has 0 heterocycles. The van der Waals surface area contributed by atoms with Crippen LogP contribution >= 0.6 is 10.7 Å². The lowest BCUT2D eigenvalue weighted by molar-refractivity contribution is 0.621. The number of hydrogen-bond acceptors (Lipinski definition) is 2. The molecule has 0 bridgehead atoms. The Labute approximate surface area is 37.6 Å². The fourth-order valence-electron chi connectivity index (χ4n) is 0. The third-order valence-corrected chi connectivity index (χ3v) is 0. The molecule has 0 aromatic heterocycles. The van der Waals surface area contributed by atoms with Crippen LogP contribution in [-0.4, -0.2) is 17.8 Å². The van der Waals surface area contributed by atoms with Gasteiger partial charge in [-0.1, -0.05) is 0 Å². The molecular weight excluding hydrogens is 128 g/mol. The van der Waals surface area contributed by atoms with Crippen molar-refractivity contribution in [2.24, 2.45) is 0 Å². The quantitative estimate of drug-likeness (QED) is 0.306. The van der Waals surface area contributed by atoms with Crippen molar-refractivity contribution in [3.8, 4) is 0 Å². The minimum atomic E-state index is -3.06. The fourth-order valence-corrected chi connectivity index (χ4v) is 0. The second kappa shape index (κ2) is 1.28. The second-order valence-electron chi connectivity index (χ2n) is 0.682. The summed E-state index contributed by atoms with van der Waals surface area (Å²) in [5, 5.41) is 0.